The van der Waals surface area contributed by atoms with Crippen molar-refractivity contribution in [2.24, 2.45) is 0 Å². The fourth-order valence-electron chi connectivity index (χ4n) is 3.20. The topological polar surface area (TPSA) is 62.2 Å². The second-order valence-electron chi connectivity index (χ2n) is 8.05. The lowest BCUT2D eigenvalue weighted by molar-refractivity contribution is -0.181. The monoisotopic (exact) mass is 450 g/mol. The lowest BCUT2D eigenvalue weighted by atomic mass is 9.87. The van der Waals surface area contributed by atoms with Gasteiger partial charge in [0.1, 0.15) is 11.2 Å². The minimum absolute atomic E-state index is 0.0466. The van der Waals surface area contributed by atoms with Gasteiger partial charge in [-0.15, -0.1) is 0 Å². The van der Waals surface area contributed by atoms with Gasteiger partial charge in [0.25, 0.3) is 5.91 Å². The van der Waals surface area contributed by atoms with Crippen LogP contribution in [-0.4, -0.2) is 22.2 Å². The summed E-state index contributed by atoms with van der Waals surface area (Å²) in [6.45, 7) is 5.55. The number of carbonyl (C=O) groups excluding carboxylic acids is 1. The number of aromatic hydroxyl groups is 1. The van der Waals surface area contributed by atoms with Crippen molar-refractivity contribution >= 4 is 28.4 Å². The van der Waals surface area contributed by atoms with Crippen LogP contribution in [0.2, 0.25) is 5.02 Å². The molecule has 0 spiro atoms. The first-order valence-corrected chi connectivity index (χ1v) is 9.97. The highest BCUT2D eigenvalue weighted by atomic mass is 35.5. The number of hydrogen-bond donors (Lipinski definition) is 2. The molecule has 0 aliphatic rings. The van der Waals surface area contributed by atoms with Gasteiger partial charge in [-0.3, -0.25) is 9.78 Å². The van der Waals surface area contributed by atoms with Crippen molar-refractivity contribution < 1.29 is 23.1 Å². The summed E-state index contributed by atoms with van der Waals surface area (Å²) in [4.78, 5) is 17.2. The first kappa shape index (κ1) is 22.9. The van der Waals surface area contributed by atoms with Gasteiger partial charge in [-0.25, -0.2) is 0 Å². The average Bonchev–Trinajstić information content (AvgIpc) is 2.68. The number of pyridine rings is 1. The number of alkyl halides is 3. The van der Waals surface area contributed by atoms with E-state index in [0.29, 0.717) is 21.5 Å². The smallest absolute Gasteiger partial charge is 0.399 e. The summed E-state index contributed by atoms with van der Waals surface area (Å²) in [6.07, 6.45) is -4.49. The van der Waals surface area contributed by atoms with Crippen LogP contribution in [0.4, 0.5) is 13.2 Å². The Bertz CT molecular complexity index is 1160. The second-order valence-corrected chi connectivity index (χ2v) is 8.46. The Labute approximate surface area is 183 Å². The highest BCUT2D eigenvalue weighted by Gasteiger charge is 2.49. The van der Waals surface area contributed by atoms with Gasteiger partial charge in [0.2, 0.25) is 0 Å². The fraction of sp³-hybridized carbons (Fsp3) is 0.304. The number of benzene rings is 2. The number of aryl methyl sites for hydroxylation is 1. The number of phenols is 1. The Kier molecular flexibility index (Phi) is 5.93. The molecule has 0 bridgehead atoms. The normalized spacial score (nSPS) is 13.3. The van der Waals surface area contributed by atoms with E-state index in [-0.39, 0.29) is 22.5 Å². The number of carbonyl (C=O) groups is 1. The summed E-state index contributed by atoms with van der Waals surface area (Å²) >= 11 is 6.20. The first-order chi connectivity index (χ1) is 14.3. The molecule has 4 nitrogen and oxygen atoms in total. The molecule has 1 atom stereocenters. The highest BCUT2D eigenvalue weighted by Crippen LogP contribution is 2.40. The molecule has 3 aromatic rings. The Morgan fingerprint density at radius 1 is 1.16 bits per heavy atom. The molecule has 1 aromatic heterocycles. The van der Waals surface area contributed by atoms with Gasteiger partial charge in [-0.1, -0.05) is 29.8 Å². The molecule has 1 amide bonds. The zero-order valence-electron chi connectivity index (χ0n) is 17.4. The van der Waals surface area contributed by atoms with Crippen LogP contribution < -0.4 is 5.32 Å². The van der Waals surface area contributed by atoms with Gasteiger partial charge < -0.3 is 10.4 Å². The van der Waals surface area contributed by atoms with E-state index in [2.05, 4.69) is 10.3 Å². The van der Waals surface area contributed by atoms with Crippen LogP contribution in [-0.2, 0) is 5.41 Å². The van der Waals surface area contributed by atoms with Gasteiger partial charge in [-0.2, -0.15) is 13.2 Å². The van der Waals surface area contributed by atoms with Crippen molar-refractivity contribution in [2.75, 3.05) is 0 Å². The minimum Gasteiger partial charge on any atom is -0.508 e. The summed E-state index contributed by atoms with van der Waals surface area (Å²) in [7, 11) is 0. The maximum Gasteiger partial charge on any atom is 0.399 e. The Morgan fingerprint density at radius 3 is 2.48 bits per heavy atom. The average molecular weight is 451 g/mol. The molecule has 2 N–H and O–H groups in total. The number of halogens is 4. The highest BCUT2D eigenvalue weighted by molar-refractivity contribution is 6.31. The Hall–Kier alpha value is -2.80. The van der Waals surface area contributed by atoms with Crippen LogP contribution in [0.3, 0.4) is 0 Å². The molecule has 31 heavy (non-hydrogen) atoms. The molecule has 0 aliphatic carbocycles. The van der Waals surface area contributed by atoms with E-state index >= 15 is 0 Å². The third-order valence-corrected chi connectivity index (χ3v) is 5.77. The molecule has 0 saturated heterocycles. The number of amides is 1. The van der Waals surface area contributed by atoms with Crippen molar-refractivity contribution in [3.63, 3.8) is 0 Å². The SMILES string of the molecule is Cc1cc([C@@H](C)NC(=O)c2cccc3ccc(C(C)(C)C(F)(F)F)nc23)c(Cl)cc1O. The summed E-state index contributed by atoms with van der Waals surface area (Å²) in [6, 6.07) is 10.3. The number of nitrogens with zero attached hydrogens (tertiary/aromatic N) is 1. The number of aromatic nitrogens is 1. The fourth-order valence-corrected chi connectivity index (χ4v) is 3.52. The summed E-state index contributed by atoms with van der Waals surface area (Å²) in [5.74, 6) is -0.445. The molecular formula is C23H22ClF3N2O2. The van der Waals surface area contributed by atoms with Crippen LogP contribution in [0.25, 0.3) is 10.9 Å². The number of phenolic OH excluding ortho intramolecular Hbond substituents is 1. The van der Waals surface area contributed by atoms with E-state index in [1.54, 1.807) is 32.0 Å². The lowest BCUT2D eigenvalue weighted by Crippen LogP contribution is -2.37. The van der Waals surface area contributed by atoms with Gasteiger partial charge in [0.05, 0.1) is 22.8 Å². The van der Waals surface area contributed by atoms with E-state index in [1.807, 2.05) is 0 Å². The molecular weight excluding hydrogens is 429 g/mol. The molecule has 0 aliphatic heterocycles. The summed E-state index contributed by atoms with van der Waals surface area (Å²) < 4.78 is 40.5. The predicted octanol–water partition coefficient (Wildman–Crippen LogP) is 6.23. The van der Waals surface area contributed by atoms with Crippen LogP contribution >= 0.6 is 11.6 Å². The zero-order chi connectivity index (χ0) is 23.1. The van der Waals surface area contributed by atoms with E-state index in [9.17, 15) is 23.1 Å². The Morgan fingerprint density at radius 2 is 1.84 bits per heavy atom. The summed E-state index contributed by atoms with van der Waals surface area (Å²) in [5, 5.41) is 13.4. The van der Waals surface area contributed by atoms with Crippen LogP contribution in [0.1, 0.15) is 54.0 Å². The van der Waals surface area contributed by atoms with Gasteiger partial charge >= 0.3 is 6.18 Å². The molecule has 1 heterocycles. The quantitative estimate of drug-likeness (QED) is 0.495. The molecule has 164 valence electrons. The third-order valence-electron chi connectivity index (χ3n) is 5.44. The van der Waals surface area contributed by atoms with Crippen LogP contribution in [0.15, 0.2) is 42.5 Å². The van der Waals surface area contributed by atoms with Crippen molar-refractivity contribution in [1.29, 1.82) is 0 Å². The van der Waals surface area contributed by atoms with Crippen molar-refractivity contribution in [2.45, 2.75) is 45.3 Å². The van der Waals surface area contributed by atoms with Crippen LogP contribution in [0, 0.1) is 6.92 Å². The van der Waals surface area contributed by atoms with Crippen molar-refractivity contribution in [1.82, 2.24) is 10.3 Å². The maximum atomic E-state index is 13.5. The Balaban J connectivity index is 1.99. The second kappa shape index (κ2) is 8.04. The van der Waals surface area contributed by atoms with Gasteiger partial charge in [0.15, 0.2) is 0 Å². The standard InChI is InChI=1S/C23H22ClF3N2O2/c1-12-10-16(17(24)11-18(12)30)13(2)28-21(31)15-7-5-6-14-8-9-19(29-20(14)15)22(3,4)23(25,26)27/h5-11,13,30H,1-4H3,(H,28,31)/t13-/m1/s1. The molecule has 3 rings (SSSR count). The number of para-hydroxylation sites is 1. The number of rotatable bonds is 4. The maximum absolute atomic E-state index is 13.5. The largest absolute Gasteiger partial charge is 0.508 e. The predicted molar refractivity (Wildman–Crippen MR) is 115 cm³/mol. The summed E-state index contributed by atoms with van der Waals surface area (Å²) in [5.41, 5.74) is -0.776. The van der Waals surface area contributed by atoms with Crippen molar-refractivity contribution in [3.05, 3.63) is 69.9 Å². The molecule has 8 heteroatoms. The van der Waals surface area contributed by atoms with Gasteiger partial charge in [-0.05, 0) is 63.1 Å². The minimum atomic E-state index is -4.49. The molecule has 0 saturated carbocycles. The number of hydrogen-bond acceptors (Lipinski definition) is 3. The number of nitrogens with one attached hydrogen (secondary N) is 1. The van der Waals surface area contributed by atoms with E-state index in [0.717, 1.165) is 13.8 Å². The van der Waals surface area contributed by atoms with E-state index in [4.69, 9.17) is 11.6 Å². The zero-order valence-corrected chi connectivity index (χ0v) is 18.2. The van der Waals surface area contributed by atoms with Gasteiger partial charge in [0, 0.05) is 10.4 Å². The van der Waals surface area contributed by atoms with E-state index < -0.39 is 23.5 Å². The first-order valence-electron chi connectivity index (χ1n) is 9.59. The van der Waals surface area contributed by atoms with E-state index in [1.165, 1.54) is 24.3 Å². The molecule has 0 radical (unpaired) electrons. The molecule has 2 aromatic carbocycles. The molecule has 0 fully saturated rings. The van der Waals surface area contributed by atoms with Crippen molar-refractivity contribution in [3.8, 4) is 5.75 Å². The lowest BCUT2D eigenvalue weighted by Gasteiger charge is -2.27. The third kappa shape index (κ3) is 4.32. The molecule has 0 unspecified atom stereocenters. The van der Waals surface area contributed by atoms with Crippen LogP contribution in [0.5, 0.6) is 5.75 Å². The number of fused-ring (bicyclic) bond motifs is 1.